The second kappa shape index (κ2) is 7.56. The van der Waals surface area contributed by atoms with Gasteiger partial charge in [-0.15, -0.1) is 0 Å². The summed E-state index contributed by atoms with van der Waals surface area (Å²) in [4.78, 5) is 16.3. The Balaban J connectivity index is 1.44. The molecule has 2 aliphatic heterocycles. The number of anilines is 1. The van der Waals surface area contributed by atoms with Crippen molar-refractivity contribution in [3.8, 4) is 0 Å². The number of carbonyl (C=O) groups excluding carboxylic acids is 1. The molecule has 1 atom stereocenters. The number of benzene rings is 2. The number of rotatable bonds is 4. The van der Waals surface area contributed by atoms with Crippen LogP contribution in [-0.2, 0) is 11.3 Å². The zero-order chi connectivity index (χ0) is 17.9. The Morgan fingerprint density at radius 3 is 2.85 bits per heavy atom. The van der Waals surface area contributed by atoms with Crippen molar-refractivity contribution in [2.75, 3.05) is 18.5 Å². The standard InChI is InChI=1S/C21H23N3OS/c1-2-21(25)23-12-6-7-17(15-23)24-14-16-13-19(10-11-20(16)22-24)26-18-8-4-3-5-9-18/h2-5,8-11,13,17,22H,1,6-7,12,14-15H2/t17-/m1/s1. The zero-order valence-electron chi connectivity index (χ0n) is 14.7. The van der Waals surface area contributed by atoms with E-state index in [4.69, 9.17) is 0 Å². The quantitative estimate of drug-likeness (QED) is 0.826. The molecule has 1 N–H and O–H groups in total. The number of hydrazine groups is 1. The highest BCUT2D eigenvalue weighted by molar-refractivity contribution is 7.99. The Kier molecular flexibility index (Phi) is 5.00. The van der Waals surface area contributed by atoms with Crippen molar-refractivity contribution in [1.82, 2.24) is 9.91 Å². The summed E-state index contributed by atoms with van der Waals surface area (Å²) < 4.78 is 0. The van der Waals surface area contributed by atoms with Gasteiger partial charge in [-0.25, -0.2) is 5.01 Å². The SMILES string of the molecule is C=CC(=O)N1CCC[C@@H](N2Cc3cc(Sc4ccccc4)ccc3N2)C1. The lowest BCUT2D eigenvalue weighted by Crippen LogP contribution is -2.49. The fourth-order valence-electron chi connectivity index (χ4n) is 3.63. The highest BCUT2D eigenvalue weighted by Crippen LogP contribution is 2.34. The van der Waals surface area contributed by atoms with Gasteiger partial charge in [-0.1, -0.05) is 36.5 Å². The second-order valence-electron chi connectivity index (χ2n) is 6.76. The van der Waals surface area contributed by atoms with Crippen molar-refractivity contribution in [3.05, 3.63) is 66.7 Å². The molecule has 0 aromatic heterocycles. The molecule has 2 aromatic carbocycles. The lowest BCUT2D eigenvalue weighted by atomic mass is 10.0. The summed E-state index contributed by atoms with van der Waals surface area (Å²) in [7, 11) is 0. The van der Waals surface area contributed by atoms with Gasteiger partial charge in [-0.3, -0.25) is 4.79 Å². The largest absolute Gasteiger partial charge is 0.338 e. The predicted molar refractivity (Wildman–Crippen MR) is 106 cm³/mol. The molecular formula is C21H23N3OS. The molecule has 1 saturated heterocycles. The van der Waals surface area contributed by atoms with Crippen LogP contribution in [0.4, 0.5) is 5.69 Å². The van der Waals surface area contributed by atoms with Crippen molar-refractivity contribution in [2.24, 2.45) is 0 Å². The fourth-order valence-corrected chi connectivity index (χ4v) is 4.54. The summed E-state index contributed by atoms with van der Waals surface area (Å²) in [6, 6.07) is 17.4. The van der Waals surface area contributed by atoms with E-state index in [1.165, 1.54) is 27.1 Å². The van der Waals surface area contributed by atoms with E-state index in [9.17, 15) is 4.79 Å². The van der Waals surface area contributed by atoms with E-state index in [0.29, 0.717) is 6.04 Å². The van der Waals surface area contributed by atoms with Crippen LogP contribution in [0.5, 0.6) is 0 Å². The first kappa shape index (κ1) is 17.2. The maximum atomic E-state index is 11.9. The average molecular weight is 366 g/mol. The van der Waals surface area contributed by atoms with Crippen molar-refractivity contribution >= 4 is 23.4 Å². The number of hydrogen-bond donors (Lipinski definition) is 1. The molecule has 2 heterocycles. The molecule has 0 radical (unpaired) electrons. The maximum Gasteiger partial charge on any atom is 0.246 e. The van der Waals surface area contributed by atoms with Crippen LogP contribution < -0.4 is 5.43 Å². The molecule has 0 saturated carbocycles. The molecule has 1 fully saturated rings. The topological polar surface area (TPSA) is 35.6 Å². The van der Waals surface area contributed by atoms with Gasteiger partial charge in [0, 0.05) is 35.5 Å². The van der Waals surface area contributed by atoms with E-state index in [-0.39, 0.29) is 5.91 Å². The van der Waals surface area contributed by atoms with Crippen LogP contribution in [0.3, 0.4) is 0 Å². The minimum Gasteiger partial charge on any atom is -0.338 e. The summed E-state index contributed by atoms with van der Waals surface area (Å²) in [6.45, 7) is 6.08. The molecule has 26 heavy (non-hydrogen) atoms. The van der Waals surface area contributed by atoms with Crippen LogP contribution >= 0.6 is 11.8 Å². The number of fused-ring (bicyclic) bond motifs is 1. The Bertz CT molecular complexity index is 808. The summed E-state index contributed by atoms with van der Waals surface area (Å²) in [5.74, 6) is 0.0351. The number of hydrogen-bond acceptors (Lipinski definition) is 4. The predicted octanol–water partition coefficient (Wildman–Crippen LogP) is 4.16. The number of likely N-dealkylation sites (tertiary alicyclic amines) is 1. The van der Waals surface area contributed by atoms with Crippen molar-refractivity contribution < 1.29 is 4.79 Å². The third-order valence-electron chi connectivity index (χ3n) is 4.98. The molecule has 0 aliphatic carbocycles. The molecule has 0 unspecified atom stereocenters. The fraction of sp³-hybridized carbons (Fsp3) is 0.286. The van der Waals surface area contributed by atoms with Gasteiger partial charge in [0.25, 0.3) is 0 Å². The van der Waals surface area contributed by atoms with Gasteiger partial charge in [0.2, 0.25) is 5.91 Å². The van der Waals surface area contributed by atoms with Gasteiger partial charge in [0.15, 0.2) is 0 Å². The number of nitrogens with one attached hydrogen (secondary N) is 1. The number of carbonyl (C=O) groups is 1. The summed E-state index contributed by atoms with van der Waals surface area (Å²) in [5.41, 5.74) is 6.03. The van der Waals surface area contributed by atoms with E-state index in [1.54, 1.807) is 11.8 Å². The first-order chi connectivity index (χ1) is 12.7. The summed E-state index contributed by atoms with van der Waals surface area (Å²) in [5, 5.41) is 2.28. The summed E-state index contributed by atoms with van der Waals surface area (Å²) in [6.07, 6.45) is 3.56. The van der Waals surface area contributed by atoms with E-state index in [2.05, 4.69) is 59.5 Å². The van der Waals surface area contributed by atoms with Crippen molar-refractivity contribution in [1.29, 1.82) is 0 Å². The first-order valence-electron chi connectivity index (χ1n) is 9.03. The maximum absolute atomic E-state index is 11.9. The van der Waals surface area contributed by atoms with Crippen LogP contribution in [0.15, 0.2) is 71.0 Å². The zero-order valence-corrected chi connectivity index (χ0v) is 15.5. The average Bonchev–Trinajstić information content (AvgIpc) is 3.12. The van der Waals surface area contributed by atoms with Gasteiger partial charge in [0.1, 0.15) is 0 Å². The van der Waals surface area contributed by atoms with Crippen LogP contribution in [0, 0.1) is 0 Å². The molecular weight excluding hydrogens is 342 g/mol. The number of nitrogens with zero attached hydrogens (tertiary/aromatic N) is 2. The Labute approximate surface area is 158 Å². The van der Waals surface area contributed by atoms with Gasteiger partial charge < -0.3 is 10.3 Å². The molecule has 5 heteroatoms. The normalized spacial score (nSPS) is 19.7. The smallest absolute Gasteiger partial charge is 0.246 e. The Morgan fingerprint density at radius 1 is 1.19 bits per heavy atom. The van der Waals surface area contributed by atoms with Crippen LogP contribution in [0.1, 0.15) is 18.4 Å². The molecule has 0 bridgehead atoms. The first-order valence-corrected chi connectivity index (χ1v) is 9.85. The number of amides is 1. The minimum absolute atomic E-state index is 0.0351. The van der Waals surface area contributed by atoms with E-state index in [1.807, 2.05) is 11.0 Å². The third-order valence-corrected chi connectivity index (χ3v) is 5.98. The van der Waals surface area contributed by atoms with Crippen molar-refractivity contribution in [2.45, 2.75) is 35.2 Å². The molecule has 0 spiro atoms. The lowest BCUT2D eigenvalue weighted by Gasteiger charge is -2.37. The highest BCUT2D eigenvalue weighted by atomic mass is 32.2. The molecule has 2 aliphatic rings. The molecule has 1 amide bonds. The monoisotopic (exact) mass is 365 g/mol. The van der Waals surface area contributed by atoms with Crippen LogP contribution in [0.2, 0.25) is 0 Å². The number of piperidine rings is 1. The second-order valence-corrected chi connectivity index (χ2v) is 7.91. The lowest BCUT2D eigenvalue weighted by molar-refractivity contribution is -0.128. The highest BCUT2D eigenvalue weighted by Gasteiger charge is 2.30. The van der Waals surface area contributed by atoms with Gasteiger partial charge >= 0.3 is 0 Å². The third kappa shape index (κ3) is 3.64. The van der Waals surface area contributed by atoms with E-state index >= 15 is 0 Å². The van der Waals surface area contributed by atoms with E-state index in [0.717, 1.165) is 32.5 Å². The van der Waals surface area contributed by atoms with Gasteiger partial charge in [-0.05, 0) is 54.8 Å². The van der Waals surface area contributed by atoms with Crippen molar-refractivity contribution in [3.63, 3.8) is 0 Å². The Hall–Kier alpha value is -2.24. The summed E-state index contributed by atoms with van der Waals surface area (Å²) >= 11 is 1.79. The molecule has 134 valence electrons. The molecule has 2 aromatic rings. The molecule has 4 rings (SSSR count). The van der Waals surface area contributed by atoms with Gasteiger partial charge in [0.05, 0.1) is 5.69 Å². The minimum atomic E-state index is 0.0351. The van der Waals surface area contributed by atoms with Crippen LogP contribution in [-0.4, -0.2) is 34.9 Å². The van der Waals surface area contributed by atoms with Crippen LogP contribution in [0.25, 0.3) is 0 Å². The molecule has 4 nitrogen and oxygen atoms in total. The van der Waals surface area contributed by atoms with E-state index < -0.39 is 0 Å². The Morgan fingerprint density at radius 2 is 2.04 bits per heavy atom. The van der Waals surface area contributed by atoms with Gasteiger partial charge in [-0.2, -0.15) is 0 Å².